The lowest BCUT2D eigenvalue weighted by Crippen LogP contribution is -2.03. The van der Waals surface area contributed by atoms with Crippen molar-refractivity contribution in [3.05, 3.63) is 188 Å². The molecule has 0 amide bonds. The van der Waals surface area contributed by atoms with Gasteiger partial charge >= 0.3 is 0 Å². The average molecular weight is 678 g/mol. The summed E-state index contributed by atoms with van der Waals surface area (Å²) in [5, 5.41) is 3.27. The summed E-state index contributed by atoms with van der Waals surface area (Å²) in [4.78, 5) is 20.6. The van der Waals surface area contributed by atoms with Crippen molar-refractivity contribution < 1.29 is 0 Å². The minimum Gasteiger partial charge on any atom is -0.277 e. The first-order chi connectivity index (χ1) is 26.3. The van der Waals surface area contributed by atoms with Crippen LogP contribution in [0.3, 0.4) is 0 Å². The molecule has 0 saturated carbocycles. The smallest absolute Gasteiger partial charge is 0.163 e. The number of para-hydroxylation sites is 1. The van der Waals surface area contributed by atoms with E-state index in [1.54, 1.807) is 0 Å². The fourth-order valence-electron chi connectivity index (χ4n) is 7.29. The second-order valence-corrected chi connectivity index (χ2v) is 13.1. The Morgan fingerprint density at radius 2 is 0.868 bits per heavy atom. The van der Waals surface area contributed by atoms with Crippen molar-refractivity contribution in [2.24, 2.45) is 0 Å². The number of hydrogen-bond acceptors (Lipinski definition) is 4. The summed E-state index contributed by atoms with van der Waals surface area (Å²) in [6.45, 7) is 0. The predicted octanol–water partition coefficient (Wildman–Crippen LogP) is 11.8. The number of benzene rings is 7. The molecule has 0 spiro atoms. The highest BCUT2D eigenvalue weighted by atomic mass is 15.1. The Morgan fingerprint density at radius 1 is 0.321 bits per heavy atom. The molecule has 0 aliphatic rings. The molecule has 3 heterocycles. The Kier molecular flexibility index (Phi) is 7.40. The van der Waals surface area contributed by atoms with Gasteiger partial charge in [0.05, 0.1) is 16.9 Å². The molecule has 0 unspecified atom stereocenters. The Balaban J connectivity index is 1.08. The fourth-order valence-corrected chi connectivity index (χ4v) is 7.29. The molecule has 7 aromatic carbocycles. The molecule has 0 radical (unpaired) electrons. The van der Waals surface area contributed by atoms with E-state index in [9.17, 15) is 0 Å². The van der Waals surface area contributed by atoms with Crippen LogP contribution in [0.4, 0.5) is 0 Å². The molecule has 10 rings (SSSR count). The second kappa shape index (κ2) is 12.8. The quantitative estimate of drug-likeness (QED) is 0.176. The van der Waals surface area contributed by atoms with Gasteiger partial charge in [0.1, 0.15) is 11.5 Å². The zero-order valence-electron chi connectivity index (χ0n) is 28.6. The lowest BCUT2D eigenvalue weighted by Gasteiger charge is -2.13. The van der Waals surface area contributed by atoms with Gasteiger partial charge in [0.15, 0.2) is 11.6 Å². The van der Waals surface area contributed by atoms with Crippen LogP contribution in [-0.4, -0.2) is 24.3 Å². The van der Waals surface area contributed by atoms with Gasteiger partial charge < -0.3 is 0 Å². The van der Waals surface area contributed by atoms with Crippen LogP contribution in [0.25, 0.3) is 95.1 Å². The molecule has 0 aliphatic heterocycles. The van der Waals surface area contributed by atoms with Crippen molar-refractivity contribution in [3.63, 3.8) is 0 Å². The van der Waals surface area contributed by atoms with Crippen molar-refractivity contribution >= 4 is 27.3 Å². The van der Waals surface area contributed by atoms with Gasteiger partial charge in [-0.3, -0.25) is 4.40 Å². The molecule has 5 heteroatoms. The summed E-state index contributed by atoms with van der Waals surface area (Å²) in [6.07, 6.45) is 0. The van der Waals surface area contributed by atoms with Crippen molar-refractivity contribution in [1.82, 2.24) is 24.3 Å². The Bertz CT molecular complexity index is 2920. The fraction of sp³-hybridized carbons (Fsp3) is 0. The lowest BCUT2D eigenvalue weighted by molar-refractivity contribution is 1.05. The van der Waals surface area contributed by atoms with Gasteiger partial charge in [-0.2, -0.15) is 0 Å². The zero-order chi connectivity index (χ0) is 35.1. The van der Waals surface area contributed by atoms with Crippen LogP contribution in [0.2, 0.25) is 0 Å². The van der Waals surface area contributed by atoms with Gasteiger partial charge in [0.25, 0.3) is 0 Å². The second-order valence-electron chi connectivity index (χ2n) is 13.1. The Hall–Kier alpha value is -7.24. The van der Waals surface area contributed by atoms with Crippen molar-refractivity contribution in [3.8, 4) is 67.8 Å². The Morgan fingerprint density at radius 3 is 1.60 bits per heavy atom. The third kappa shape index (κ3) is 5.43. The van der Waals surface area contributed by atoms with Crippen LogP contribution in [0.1, 0.15) is 0 Å². The summed E-state index contributed by atoms with van der Waals surface area (Å²) in [5.74, 6) is 2.23. The number of nitrogens with zero attached hydrogens (tertiary/aromatic N) is 5. The standard InChI is InChI=1S/C48H31N5/c1-4-15-33(16-5-1)43-41-25-12-13-26-42(41)49-45(50-43)35-29-27-32(28-30-35)37-21-14-22-38(31-37)46-51-47(36-19-8-3-9-20-36)53-44(34-17-6-2-7-18-34)39-23-10-11-24-40(39)48(53)52-46/h1-31H. The number of rotatable bonds is 6. The van der Waals surface area contributed by atoms with E-state index in [-0.39, 0.29) is 0 Å². The number of fused-ring (bicyclic) bond motifs is 4. The third-order valence-corrected chi connectivity index (χ3v) is 9.82. The van der Waals surface area contributed by atoms with Gasteiger partial charge in [-0.05, 0) is 28.8 Å². The van der Waals surface area contributed by atoms with Crippen LogP contribution >= 0.6 is 0 Å². The zero-order valence-corrected chi connectivity index (χ0v) is 28.6. The molecule has 10 aromatic rings. The summed E-state index contributed by atoms with van der Waals surface area (Å²) < 4.78 is 2.22. The maximum Gasteiger partial charge on any atom is 0.163 e. The minimum atomic E-state index is 0.677. The van der Waals surface area contributed by atoms with Crippen molar-refractivity contribution in [2.75, 3.05) is 0 Å². The molecule has 0 N–H and O–H groups in total. The lowest BCUT2D eigenvalue weighted by atomic mass is 10.0. The average Bonchev–Trinajstić information content (AvgIpc) is 3.58. The first-order valence-corrected chi connectivity index (χ1v) is 17.7. The molecule has 0 bridgehead atoms. The van der Waals surface area contributed by atoms with E-state index >= 15 is 0 Å². The van der Waals surface area contributed by atoms with E-state index in [0.717, 1.165) is 83.5 Å². The van der Waals surface area contributed by atoms with Gasteiger partial charge in [0, 0.05) is 38.4 Å². The van der Waals surface area contributed by atoms with Crippen LogP contribution in [0, 0.1) is 0 Å². The Labute approximate surface area is 306 Å². The van der Waals surface area contributed by atoms with Gasteiger partial charge in [-0.1, -0.05) is 176 Å². The summed E-state index contributed by atoms with van der Waals surface area (Å²) in [5.41, 5.74) is 11.1. The van der Waals surface area contributed by atoms with Crippen molar-refractivity contribution in [1.29, 1.82) is 0 Å². The monoisotopic (exact) mass is 677 g/mol. The first kappa shape index (κ1) is 30.6. The highest BCUT2D eigenvalue weighted by molar-refractivity contribution is 6.06. The third-order valence-electron chi connectivity index (χ3n) is 9.82. The van der Waals surface area contributed by atoms with E-state index in [0.29, 0.717) is 11.6 Å². The maximum atomic E-state index is 5.30. The van der Waals surface area contributed by atoms with Gasteiger partial charge in [0.2, 0.25) is 0 Å². The van der Waals surface area contributed by atoms with Crippen LogP contribution in [0.5, 0.6) is 0 Å². The summed E-state index contributed by atoms with van der Waals surface area (Å²) >= 11 is 0. The van der Waals surface area contributed by atoms with E-state index in [1.807, 2.05) is 42.5 Å². The van der Waals surface area contributed by atoms with E-state index in [1.165, 1.54) is 0 Å². The highest BCUT2D eigenvalue weighted by Crippen LogP contribution is 2.38. The van der Waals surface area contributed by atoms with Crippen LogP contribution < -0.4 is 0 Å². The molecule has 3 aromatic heterocycles. The molecule has 0 aliphatic carbocycles. The largest absolute Gasteiger partial charge is 0.277 e. The maximum absolute atomic E-state index is 5.30. The first-order valence-electron chi connectivity index (χ1n) is 17.7. The van der Waals surface area contributed by atoms with Gasteiger partial charge in [-0.15, -0.1) is 0 Å². The molecule has 248 valence electrons. The topological polar surface area (TPSA) is 56.0 Å². The molecule has 0 saturated heterocycles. The van der Waals surface area contributed by atoms with E-state index in [4.69, 9.17) is 19.9 Å². The minimum absolute atomic E-state index is 0.677. The van der Waals surface area contributed by atoms with E-state index < -0.39 is 0 Å². The van der Waals surface area contributed by atoms with Crippen molar-refractivity contribution in [2.45, 2.75) is 0 Å². The van der Waals surface area contributed by atoms with Gasteiger partial charge in [-0.25, -0.2) is 19.9 Å². The number of aromatic nitrogens is 5. The number of hydrogen-bond donors (Lipinski definition) is 0. The molecule has 0 atom stereocenters. The SMILES string of the molecule is c1ccc(-c2nc(-c3ccc(-c4cccc(-c5nc(-c6ccccc6)n6c(-c7ccccc7)c7ccccc7c6n5)c4)cc3)nc3ccccc23)cc1. The molecular formula is C48H31N5. The molecule has 0 fully saturated rings. The summed E-state index contributed by atoms with van der Waals surface area (Å²) in [7, 11) is 0. The van der Waals surface area contributed by atoms with E-state index in [2.05, 4.69) is 150 Å². The van der Waals surface area contributed by atoms with Crippen LogP contribution in [-0.2, 0) is 0 Å². The molecule has 5 nitrogen and oxygen atoms in total. The molecular weight excluding hydrogens is 647 g/mol. The normalized spacial score (nSPS) is 11.4. The highest BCUT2D eigenvalue weighted by Gasteiger charge is 2.21. The van der Waals surface area contributed by atoms with Crippen LogP contribution in [0.15, 0.2) is 188 Å². The summed E-state index contributed by atoms with van der Waals surface area (Å²) in [6, 6.07) is 64.9. The predicted molar refractivity (Wildman–Crippen MR) is 216 cm³/mol. The molecule has 53 heavy (non-hydrogen) atoms.